The van der Waals surface area contributed by atoms with Gasteiger partial charge in [0.2, 0.25) is 0 Å². The van der Waals surface area contributed by atoms with Crippen LogP contribution in [0.25, 0.3) is 10.6 Å². The molecule has 0 N–H and O–H groups in total. The second kappa shape index (κ2) is 7.37. The van der Waals surface area contributed by atoms with Gasteiger partial charge in [-0.1, -0.05) is 17.7 Å². The Morgan fingerprint density at radius 1 is 1.28 bits per heavy atom. The van der Waals surface area contributed by atoms with Crippen molar-refractivity contribution >= 4 is 28.6 Å². The van der Waals surface area contributed by atoms with Gasteiger partial charge >= 0.3 is 0 Å². The van der Waals surface area contributed by atoms with Crippen LogP contribution in [0.3, 0.4) is 0 Å². The van der Waals surface area contributed by atoms with E-state index >= 15 is 0 Å². The van der Waals surface area contributed by atoms with Crippen molar-refractivity contribution in [2.45, 2.75) is 20.4 Å². The fraction of sp³-hybridized carbons (Fsp3) is 0.263. The molecule has 25 heavy (non-hydrogen) atoms. The molecule has 0 fully saturated rings. The summed E-state index contributed by atoms with van der Waals surface area (Å²) in [5.41, 5.74) is 3.99. The van der Waals surface area contributed by atoms with E-state index in [1.165, 1.54) is 11.3 Å². The number of carbonyl (C=O) groups excluding carboxylic acids is 1. The first kappa shape index (κ1) is 17.6. The zero-order valence-corrected chi connectivity index (χ0v) is 16.3. The fourth-order valence-corrected chi connectivity index (χ4v) is 4.41. The summed E-state index contributed by atoms with van der Waals surface area (Å²) in [6.07, 6.45) is 0. The van der Waals surface area contributed by atoms with Crippen LogP contribution in [0.5, 0.6) is 5.75 Å². The summed E-state index contributed by atoms with van der Waals surface area (Å²) >= 11 is 3.08. The number of aromatic nitrogens is 1. The molecule has 3 aromatic rings. The number of rotatable bonds is 5. The first-order valence-electron chi connectivity index (χ1n) is 7.88. The molecule has 0 unspecified atom stereocenters. The van der Waals surface area contributed by atoms with Crippen molar-refractivity contribution in [3.63, 3.8) is 0 Å². The van der Waals surface area contributed by atoms with Gasteiger partial charge in [-0.15, -0.1) is 11.3 Å². The summed E-state index contributed by atoms with van der Waals surface area (Å²) in [4.78, 5) is 19.9. The molecule has 1 amide bonds. The SMILES string of the molecule is COc1ccc(C)cc1CN(C)C(=O)c1sc(-c2ccsc2)nc1C. The highest BCUT2D eigenvalue weighted by atomic mass is 32.1. The molecule has 0 saturated heterocycles. The van der Waals surface area contributed by atoms with Gasteiger partial charge in [0.05, 0.1) is 12.8 Å². The maximum absolute atomic E-state index is 12.9. The standard InChI is InChI=1S/C19H20N2O2S2/c1-12-5-6-16(23-4)15(9-12)10-21(3)19(22)17-13(2)20-18(25-17)14-7-8-24-11-14/h5-9,11H,10H2,1-4H3. The van der Waals surface area contributed by atoms with Crippen LogP contribution in [0.1, 0.15) is 26.5 Å². The molecule has 2 heterocycles. The summed E-state index contributed by atoms with van der Waals surface area (Å²) in [6, 6.07) is 8.03. The molecule has 2 aromatic heterocycles. The van der Waals surface area contributed by atoms with E-state index in [0.29, 0.717) is 11.4 Å². The second-order valence-electron chi connectivity index (χ2n) is 5.92. The van der Waals surface area contributed by atoms with Gasteiger partial charge < -0.3 is 9.64 Å². The number of thiazole rings is 1. The van der Waals surface area contributed by atoms with Gasteiger partial charge in [0, 0.05) is 30.1 Å². The van der Waals surface area contributed by atoms with Crippen LogP contribution >= 0.6 is 22.7 Å². The lowest BCUT2D eigenvalue weighted by molar-refractivity contribution is 0.0788. The molecular weight excluding hydrogens is 352 g/mol. The molecule has 0 radical (unpaired) electrons. The van der Waals surface area contributed by atoms with Crippen molar-refractivity contribution in [3.05, 3.63) is 56.7 Å². The Balaban J connectivity index is 1.83. The van der Waals surface area contributed by atoms with Crippen LogP contribution in [0.2, 0.25) is 0 Å². The maximum Gasteiger partial charge on any atom is 0.265 e. The summed E-state index contributed by atoms with van der Waals surface area (Å²) in [6.45, 7) is 4.42. The highest BCUT2D eigenvalue weighted by molar-refractivity contribution is 7.17. The number of hydrogen-bond acceptors (Lipinski definition) is 5. The molecule has 0 spiro atoms. The van der Waals surface area contributed by atoms with Crippen LogP contribution < -0.4 is 4.74 Å². The fourth-order valence-electron chi connectivity index (χ4n) is 2.64. The molecule has 0 aliphatic carbocycles. The summed E-state index contributed by atoms with van der Waals surface area (Å²) in [5, 5.41) is 4.96. The summed E-state index contributed by atoms with van der Waals surface area (Å²) in [5.74, 6) is 0.783. The van der Waals surface area contributed by atoms with Gasteiger partial charge in [0.25, 0.3) is 5.91 Å². The van der Waals surface area contributed by atoms with E-state index in [4.69, 9.17) is 4.74 Å². The number of ether oxygens (including phenoxy) is 1. The van der Waals surface area contributed by atoms with Crippen LogP contribution in [0.4, 0.5) is 0 Å². The Bertz CT molecular complexity index is 885. The third-order valence-electron chi connectivity index (χ3n) is 3.95. The lowest BCUT2D eigenvalue weighted by Crippen LogP contribution is -2.26. The van der Waals surface area contributed by atoms with Crippen LogP contribution in [-0.2, 0) is 6.54 Å². The Labute approximate surface area is 155 Å². The van der Waals surface area contributed by atoms with E-state index in [2.05, 4.69) is 11.1 Å². The molecule has 0 saturated carbocycles. The average Bonchev–Trinajstić information content (AvgIpc) is 3.23. The lowest BCUT2D eigenvalue weighted by atomic mass is 10.1. The Hall–Kier alpha value is -2.18. The van der Waals surface area contributed by atoms with Gasteiger partial charge in [0.1, 0.15) is 15.6 Å². The van der Waals surface area contributed by atoms with E-state index in [-0.39, 0.29) is 5.91 Å². The molecular formula is C19H20N2O2S2. The van der Waals surface area contributed by atoms with Crippen molar-refractivity contribution < 1.29 is 9.53 Å². The monoisotopic (exact) mass is 372 g/mol. The molecule has 0 bridgehead atoms. The molecule has 0 atom stereocenters. The van der Waals surface area contributed by atoms with Crippen molar-refractivity contribution in [2.24, 2.45) is 0 Å². The van der Waals surface area contributed by atoms with Crippen molar-refractivity contribution in [1.29, 1.82) is 0 Å². The zero-order valence-electron chi connectivity index (χ0n) is 14.7. The Morgan fingerprint density at radius 3 is 2.76 bits per heavy atom. The van der Waals surface area contributed by atoms with E-state index < -0.39 is 0 Å². The quantitative estimate of drug-likeness (QED) is 0.648. The third-order valence-corrected chi connectivity index (χ3v) is 5.83. The van der Waals surface area contributed by atoms with Gasteiger partial charge in [-0.05, 0) is 31.4 Å². The normalized spacial score (nSPS) is 10.7. The van der Waals surface area contributed by atoms with E-state index in [1.807, 2.05) is 49.9 Å². The van der Waals surface area contributed by atoms with E-state index in [9.17, 15) is 4.79 Å². The van der Waals surface area contributed by atoms with E-state index in [0.717, 1.165) is 33.1 Å². The predicted molar refractivity (Wildman–Crippen MR) is 104 cm³/mol. The first-order valence-corrected chi connectivity index (χ1v) is 9.64. The highest BCUT2D eigenvalue weighted by Gasteiger charge is 2.20. The number of methoxy groups -OCH3 is 1. The van der Waals surface area contributed by atoms with Gasteiger partial charge in [-0.2, -0.15) is 11.3 Å². The van der Waals surface area contributed by atoms with Crippen molar-refractivity contribution in [2.75, 3.05) is 14.2 Å². The molecule has 1 aromatic carbocycles. The maximum atomic E-state index is 12.9. The smallest absolute Gasteiger partial charge is 0.265 e. The summed E-state index contributed by atoms with van der Waals surface area (Å²) < 4.78 is 5.42. The minimum atomic E-state index is -0.0139. The van der Waals surface area contributed by atoms with Crippen LogP contribution in [-0.4, -0.2) is 29.9 Å². The number of hydrogen-bond donors (Lipinski definition) is 0. The number of nitrogens with zero attached hydrogens (tertiary/aromatic N) is 2. The topological polar surface area (TPSA) is 42.4 Å². The van der Waals surface area contributed by atoms with Gasteiger partial charge in [-0.25, -0.2) is 4.98 Å². The molecule has 6 heteroatoms. The Kier molecular flexibility index (Phi) is 5.20. The van der Waals surface area contributed by atoms with Crippen LogP contribution in [0, 0.1) is 13.8 Å². The van der Waals surface area contributed by atoms with Crippen molar-refractivity contribution in [3.8, 4) is 16.3 Å². The molecule has 3 rings (SSSR count). The molecule has 0 aliphatic rings. The van der Waals surface area contributed by atoms with Gasteiger partial charge in [-0.3, -0.25) is 4.79 Å². The third kappa shape index (κ3) is 3.75. The molecule has 130 valence electrons. The van der Waals surface area contributed by atoms with Crippen molar-refractivity contribution in [1.82, 2.24) is 9.88 Å². The summed E-state index contributed by atoms with van der Waals surface area (Å²) in [7, 11) is 3.46. The minimum absolute atomic E-state index is 0.0139. The largest absolute Gasteiger partial charge is 0.496 e. The number of amides is 1. The number of carbonyl (C=O) groups is 1. The Morgan fingerprint density at radius 2 is 2.08 bits per heavy atom. The number of aryl methyl sites for hydroxylation is 2. The predicted octanol–water partition coefficient (Wildman–Crippen LogP) is 4.77. The average molecular weight is 373 g/mol. The zero-order chi connectivity index (χ0) is 18.0. The number of benzene rings is 1. The molecule has 4 nitrogen and oxygen atoms in total. The van der Waals surface area contributed by atoms with Gasteiger partial charge in [0.15, 0.2) is 0 Å². The van der Waals surface area contributed by atoms with E-state index in [1.54, 1.807) is 23.3 Å². The van der Waals surface area contributed by atoms with Crippen LogP contribution in [0.15, 0.2) is 35.0 Å². The first-order chi connectivity index (χ1) is 12.0. The second-order valence-corrected chi connectivity index (χ2v) is 7.70. The number of thiophene rings is 1. The molecule has 0 aliphatic heterocycles. The highest BCUT2D eigenvalue weighted by Crippen LogP contribution is 2.30. The lowest BCUT2D eigenvalue weighted by Gasteiger charge is -2.18. The minimum Gasteiger partial charge on any atom is -0.496 e.